The molecule has 18 heavy (non-hydrogen) atoms. The number of rotatable bonds is 6. The van der Waals surface area contributed by atoms with Gasteiger partial charge in [0.05, 0.1) is 6.61 Å². The fourth-order valence-corrected chi connectivity index (χ4v) is 1.38. The third kappa shape index (κ3) is 5.54. The van der Waals surface area contributed by atoms with Gasteiger partial charge in [0, 0.05) is 24.5 Å². The SMILES string of the molecule is CCOC(=O)Nc1ccc(NCCN(C)C)cc1. The number of carbonyl (C=O) groups is 1. The van der Waals surface area contributed by atoms with Crippen LogP contribution in [0, 0.1) is 0 Å². The first-order chi connectivity index (χ1) is 8.61. The zero-order valence-electron chi connectivity index (χ0n) is 11.2. The smallest absolute Gasteiger partial charge is 0.411 e. The second-order valence-corrected chi connectivity index (χ2v) is 4.15. The molecule has 1 rings (SSSR count). The van der Waals surface area contributed by atoms with Crippen LogP contribution in [-0.4, -0.2) is 44.8 Å². The lowest BCUT2D eigenvalue weighted by Crippen LogP contribution is -2.20. The predicted octanol–water partition coefficient (Wildman–Crippen LogP) is 2.23. The number of carbonyl (C=O) groups excluding carboxylic acids is 1. The van der Waals surface area contributed by atoms with Gasteiger partial charge in [-0.05, 0) is 45.3 Å². The van der Waals surface area contributed by atoms with Gasteiger partial charge >= 0.3 is 6.09 Å². The minimum absolute atomic E-state index is 0.371. The fourth-order valence-electron chi connectivity index (χ4n) is 1.38. The summed E-state index contributed by atoms with van der Waals surface area (Å²) in [6, 6.07) is 7.54. The van der Waals surface area contributed by atoms with Crippen LogP contribution >= 0.6 is 0 Å². The second kappa shape index (κ2) is 7.55. The van der Waals surface area contributed by atoms with E-state index in [2.05, 4.69) is 15.5 Å². The van der Waals surface area contributed by atoms with Crippen molar-refractivity contribution in [2.75, 3.05) is 44.4 Å². The Balaban J connectivity index is 2.40. The summed E-state index contributed by atoms with van der Waals surface area (Å²) in [4.78, 5) is 13.3. The lowest BCUT2D eigenvalue weighted by Gasteiger charge is -2.12. The number of anilines is 2. The number of hydrogen-bond acceptors (Lipinski definition) is 4. The first-order valence-corrected chi connectivity index (χ1v) is 6.04. The molecule has 0 saturated heterocycles. The third-order valence-electron chi connectivity index (χ3n) is 2.29. The van der Waals surface area contributed by atoms with E-state index < -0.39 is 6.09 Å². The van der Waals surface area contributed by atoms with Gasteiger partial charge < -0.3 is 15.0 Å². The highest BCUT2D eigenvalue weighted by molar-refractivity contribution is 5.84. The van der Waals surface area contributed by atoms with E-state index in [1.54, 1.807) is 6.92 Å². The Morgan fingerprint density at radius 3 is 2.39 bits per heavy atom. The monoisotopic (exact) mass is 251 g/mol. The summed E-state index contributed by atoms with van der Waals surface area (Å²) in [6.45, 7) is 4.01. The van der Waals surface area contributed by atoms with E-state index in [1.165, 1.54) is 0 Å². The van der Waals surface area contributed by atoms with Crippen LogP contribution in [0.25, 0.3) is 0 Å². The fraction of sp³-hybridized carbons (Fsp3) is 0.462. The van der Waals surface area contributed by atoms with Crippen molar-refractivity contribution in [2.24, 2.45) is 0 Å². The van der Waals surface area contributed by atoms with Crippen LogP contribution in [0.4, 0.5) is 16.2 Å². The molecule has 0 unspecified atom stereocenters. The van der Waals surface area contributed by atoms with Crippen molar-refractivity contribution in [1.82, 2.24) is 4.90 Å². The Morgan fingerprint density at radius 1 is 1.22 bits per heavy atom. The molecule has 0 aromatic heterocycles. The number of nitrogens with zero attached hydrogens (tertiary/aromatic N) is 1. The topological polar surface area (TPSA) is 53.6 Å². The van der Waals surface area contributed by atoms with Crippen LogP contribution in [0.3, 0.4) is 0 Å². The average molecular weight is 251 g/mol. The molecule has 0 spiro atoms. The molecule has 0 heterocycles. The van der Waals surface area contributed by atoms with Gasteiger partial charge in [-0.2, -0.15) is 0 Å². The van der Waals surface area contributed by atoms with Gasteiger partial charge in [0.1, 0.15) is 0 Å². The molecule has 0 aliphatic heterocycles. The zero-order valence-corrected chi connectivity index (χ0v) is 11.2. The number of benzene rings is 1. The van der Waals surface area contributed by atoms with Gasteiger partial charge in [-0.15, -0.1) is 0 Å². The zero-order chi connectivity index (χ0) is 13.4. The van der Waals surface area contributed by atoms with E-state index in [4.69, 9.17) is 4.74 Å². The van der Waals surface area contributed by atoms with Gasteiger partial charge in [-0.3, -0.25) is 5.32 Å². The predicted molar refractivity (Wildman–Crippen MR) is 74.1 cm³/mol. The number of nitrogens with one attached hydrogen (secondary N) is 2. The Bertz CT molecular complexity index is 363. The average Bonchev–Trinajstić information content (AvgIpc) is 2.31. The van der Waals surface area contributed by atoms with E-state index in [-0.39, 0.29) is 0 Å². The standard InChI is InChI=1S/C13H21N3O2/c1-4-18-13(17)15-12-7-5-11(6-8-12)14-9-10-16(2)3/h5-8,14H,4,9-10H2,1-3H3,(H,15,17). The van der Waals surface area contributed by atoms with Crippen molar-refractivity contribution < 1.29 is 9.53 Å². The first-order valence-electron chi connectivity index (χ1n) is 6.04. The third-order valence-corrected chi connectivity index (χ3v) is 2.29. The Labute approximate surface area is 108 Å². The highest BCUT2D eigenvalue weighted by atomic mass is 16.5. The quantitative estimate of drug-likeness (QED) is 0.814. The second-order valence-electron chi connectivity index (χ2n) is 4.15. The van der Waals surface area contributed by atoms with Gasteiger partial charge in [-0.1, -0.05) is 0 Å². The minimum atomic E-state index is -0.425. The van der Waals surface area contributed by atoms with Gasteiger partial charge in [0.2, 0.25) is 0 Å². The van der Waals surface area contributed by atoms with Crippen LogP contribution < -0.4 is 10.6 Å². The van der Waals surface area contributed by atoms with Crippen molar-refractivity contribution in [1.29, 1.82) is 0 Å². The van der Waals surface area contributed by atoms with E-state index >= 15 is 0 Å². The number of hydrogen-bond donors (Lipinski definition) is 2. The molecule has 1 aromatic carbocycles. The number of ether oxygens (including phenoxy) is 1. The first kappa shape index (κ1) is 14.3. The molecule has 0 saturated carbocycles. The summed E-state index contributed by atoms with van der Waals surface area (Å²) < 4.78 is 4.80. The minimum Gasteiger partial charge on any atom is -0.450 e. The van der Waals surface area contributed by atoms with Gasteiger partial charge in [-0.25, -0.2) is 4.79 Å². The number of likely N-dealkylation sites (N-methyl/N-ethyl adjacent to an activating group) is 1. The van der Waals surface area contributed by atoms with Crippen LogP contribution in [0.5, 0.6) is 0 Å². The van der Waals surface area contributed by atoms with Crippen molar-refractivity contribution in [3.8, 4) is 0 Å². The van der Waals surface area contributed by atoms with E-state index in [0.29, 0.717) is 6.61 Å². The van der Waals surface area contributed by atoms with Crippen molar-refractivity contribution in [3.05, 3.63) is 24.3 Å². The molecule has 0 aliphatic carbocycles. The van der Waals surface area contributed by atoms with Crippen molar-refractivity contribution in [3.63, 3.8) is 0 Å². The highest BCUT2D eigenvalue weighted by Crippen LogP contribution is 2.13. The van der Waals surface area contributed by atoms with Crippen LogP contribution in [0.1, 0.15) is 6.92 Å². The summed E-state index contributed by atoms with van der Waals surface area (Å²) in [7, 11) is 4.07. The van der Waals surface area contributed by atoms with Crippen LogP contribution in [0.2, 0.25) is 0 Å². The molecule has 0 radical (unpaired) electrons. The molecule has 5 nitrogen and oxygen atoms in total. The maximum Gasteiger partial charge on any atom is 0.411 e. The lowest BCUT2D eigenvalue weighted by atomic mass is 10.3. The highest BCUT2D eigenvalue weighted by Gasteiger charge is 2.01. The summed E-state index contributed by atoms with van der Waals surface area (Å²) in [5.74, 6) is 0. The van der Waals surface area contributed by atoms with Crippen LogP contribution in [-0.2, 0) is 4.74 Å². The summed E-state index contributed by atoms with van der Waals surface area (Å²) in [5.41, 5.74) is 1.76. The van der Waals surface area contributed by atoms with E-state index in [0.717, 1.165) is 24.5 Å². The molecule has 0 atom stereocenters. The van der Waals surface area contributed by atoms with Gasteiger partial charge in [0.25, 0.3) is 0 Å². The molecule has 0 aliphatic rings. The molecule has 2 N–H and O–H groups in total. The lowest BCUT2D eigenvalue weighted by molar-refractivity contribution is 0.168. The largest absolute Gasteiger partial charge is 0.450 e. The Kier molecular flexibility index (Phi) is 6.00. The van der Waals surface area contributed by atoms with Crippen LogP contribution in [0.15, 0.2) is 24.3 Å². The molecular weight excluding hydrogens is 230 g/mol. The van der Waals surface area contributed by atoms with Crippen molar-refractivity contribution in [2.45, 2.75) is 6.92 Å². The van der Waals surface area contributed by atoms with E-state index in [9.17, 15) is 4.79 Å². The Morgan fingerprint density at radius 2 is 1.83 bits per heavy atom. The number of amides is 1. The molecule has 0 fully saturated rings. The molecule has 5 heteroatoms. The maximum absolute atomic E-state index is 11.2. The molecule has 100 valence electrons. The normalized spacial score (nSPS) is 10.2. The van der Waals surface area contributed by atoms with Crippen molar-refractivity contribution >= 4 is 17.5 Å². The molecule has 0 bridgehead atoms. The van der Waals surface area contributed by atoms with Gasteiger partial charge in [0.15, 0.2) is 0 Å². The van der Waals surface area contributed by atoms with E-state index in [1.807, 2.05) is 38.4 Å². The summed E-state index contributed by atoms with van der Waals surface area (Å²) in [6.07, 6.45) is -0.425. The Hall–Kier alpha value is -1.75. The molecule has 1 aromatic rings. The molecule has 1 amide bonds. The molecular formula is C13H21N3O2. The maximum atomic E-state index is 11.2. The summed E-state index contributed by atoms with van der Waals surface area (Å²) in [5, 5.41) is 5.94. The summed E-state index contributed by atoms with van der Waals surface area (Å²) >= 11 is 0.